The number of ketones is 1. The molecule has 0 aliphatic heterocycles. The number of carbonyl (C=O) groups is 1. The molecule has 0 amide bonds. The summed E-state index contributed by atoms with van der Waals surface area (Å²) in [6.07, 6.45) is 3.18. The molecule has 0 radical (unpaired) electrons. The lowest BCUT2D eigenvalue weighted by molar-refractivity contribution is 0.0977. The maximum absolute atomic E-state index is 13.0. The van der Waals surface area contributed by atoms with Crippen LogP contribution in [0.4, 0.5) is 4.39 Å². The molecule has 136 valence electrons. The van der Waals surface area contributed by atoms with Crippen LogP contribution in [-0.2, 0) is 12.8 Å². The zero-order valence-corrected chi connectivity index (χ0v) is 15.9. The summed E-state index contributed by atoms with van der Waals surface area (Å²) in [6.45, 7) is 2.00. The van der Waals surface area contributed by atoms with Crippen molar-refractivity contribution >= 4 is 28.5 Å². The molecular formula is C19H19FN2O2S2. The number of aryl methyl sites for hydroxylation is 1. The molecule has 2 aromatic heterocycles. The van der Waals surface area contributed by atoms with Gasteiger partial charge in [0.2, 0.25) is 0 Å². The molecule has 3 aromatic rings. The van der Waals surface area contributed by atoms with E-state index in [4.69, 9.17) is 0 Å². The lowest BCUT2D eigenvalue weighted by atomic mass is 10.0. The molecule has 1 N–H and O–H groups in total. The van der Waals surface area contributed by atoms with Crippen molar-refractivity contribution in [2.45, 2.75) is 26.2 Å². The maximum Gasteiger partial charge on any atom is 0.182 e. The Labute approximate surface area is 159 Å². The Morgan fingerprint density at radius 1 is 1.27 bits per heavy atom. The Morgan fingerprint density at radius 3 is 2.69 bits per heavy atom. The third-order valence-electron chi connectivity index (χ3n) is 3.98. The molecule has 0 bridgehead atoms. The molecule has 0 spiro atoms. The Morgan fingerprint density at radius 2 is 2.04 bits per heavy atom. The molecule has 0 saturated carbocycles. The first-order chi connectivity index (χ1) is 12.6. The Balaban J connectivity index is 1.79. The molecule has 0 saturated heterocycles. The van der Waals surface area contributed by atoms with Gasteiger partial charge in [-0.2, -0.15) is 0 Å². The van der Waals surface area contributed by atoms with Gasteiger partial charge in [0.05, 0.1) is 0 Å². The van der Waals surface area contributed by atoms with Crippen molar-refractivity contribution in [2.24, 2.45) is 5.92 Å². The van der Waals surface area contributed by atoms with Crippen molar-refractivity contribution in [1.82, 2.24) is 9.97 Å². The minimum absolute atomic E-state index is 0.0338. The highest BCUT2D eigenvalue weighted by Crippen LogP contribution is 2.31. The van der Waals surface area contributed by atoms with E-state index >= 15 is 0 Å². The molecular weight excluding hydrogens is 371 g/mol. The zero-order chi connectivity index (χ0) is 18.5. The van der Waals surface area contributed by atoms with Crippen molar-refractivity contribution in [2.75, 3.05) is 6.61 Å². The number of benzene rings is 1. The van der Waals surface area contributed by atoms with E-state index in [1.807, 2.05) is 12.3 Å². The minimum atomic E-state index is -0.284. The van der Waals surface area contributed by atoms with Gasteiger partial charge in [-0.15, -0.1) is 22.7 Å². The summed E-state index contributed by atoms with van der Waals surface area (Å²) in [5.41, 5.74) is 1.39. The van der Waals surface area contributed by atoms with Crippen LogP contribution in [0.5, 0.6) is 0 Å². The van der Waals surface area contributed by atoms with E-state index in [1.54, 1.807) is 18.3 Å². The zero-order valence-electron chi connectivity index (χ0n) is 14.3. The number of hydrogen-bond donors (Lipinski definition) is 1. The first-order valence-electron chi connectivity index (χ1n) is 8.35. The van der Waals surface area contributed by atoms with Crippen LogP contribution in [0.25, 0.3) is 10.0 Å². The van der Waals surface area contributed by atoms with Gasteiger partial charge in [0.15, 0.2) is 15.8 Å². The summed E-state index contributed by atoms with van der Waals surface area (Å²) in [6, 6.07) is 6.19. The topological polar surface area (TPSA) is 63.1 Å². The SMILES string of the molecule is CC(CO)Cc1sc(-c2nccs2)nc1C(=O)CCc1ccc(F)cc1. The molecule has 1 aromatic carbocycles. The van der Waals surface area contributed by atoms with Crippen LogP contribution >= 0.6 is 22.7 Å². The normalized spacial score (nSPS) is 12.3. The minimum Gasteiger partial charge on any atom is -0.396 e. The van der Waals surface area contributed by atoms with E-state index in [-0.39, 0.29) is 24.1 Å². The third kappa shape index (κ3) is 4.60. The highest BCUT2D eigenvalue weighted by molar-refractivity contribution is 7.20. The van der Waals surface area contributed by atoms with E-state index in [1.165, 1.54) is 34.8 Å². The van der Waals surface area contributed by atoms with Crippen LogP contribution < -0.4 is 0 Å². The number of rotatable bonds is 8. The number of aliphatic hydroxyl groups excluding tert-OH is 1. The van der Waals surface area contributed by atoms with Gasteiger partial charge >= 0.3 is 0 Å². The van der Waals surface area contributed by atoms with Crippen molar-refractivity contribution in [3.8, 4) is 10.0 Å². The number of carbonyl (C=O) groups excluding carboxylic acids is 1. The molecule has 3 rings (SSSR count). The van der Waals surface area contributed by atoms with Crippen LogP contribution in [0.2, 0.25) is 0 Å². The van der Waals surface area contributed by atoms with Gasteiger partial charge in [-0.25, -0.2) is 14.4 Å². The number of Topliss-reactive ketones (excluding diaryl/α,β-unsaturated/α-hetero) is 1. The number of aliphatic hydroxyl groups is 1. The molecule has 1 unspecified atom stereocenters. The van der Waals surface area contributed by atoms with Gasteiger partial charge < -0.3 is 5.11 Å². The number of aromatic nitrogens is 2. The van der Waals surface area contributed by atoms with E-state index in [2.05, 4.69) is 9.97 Å². The summed E-state index contributed by atoms with van der Waals surface area (Å²) < 4.78 is 13.0. The van der Waals surface area contributed by atoms with Gasteiger partial charge in [0, 0.05) is 29.5 Å². The smallest absolute Gasteiger partial charge is 0.182 e. The maximum atomic E-state index is 13.0. The van der Waals surface area contributed by atoms with Crippen molar-refractivity contribution < 1.29 is 14.3 Å². The van der Waals surface area contributed by atoms with Crippen LogP contribution in [0.15, 0.2) is 35.8 Å². The second-order valence-electron chi connectivity index (χ2n) is 6.17. The Hall–Kier alpha value is -1.96. The van der Waals surface area contributed by atoms with Crippen molar-refractivity contribution in [3.05, 3.63) is 57.8 Å². The van der Waals surface area contributed by atoms with Crippen LogP contribution in [-0.4, -0.2) is 27.5 Å². The van der Waals surface area contributed by atoms with E-state index < -0.39 is 0 Å². The Kier molecular flexibility index (Phi) is 6.24. The highest BCUT2D eigenvalue weighted by atomic mass is 32.1. The monoisotopic (exact) mass is 390 g/mol. The lowest BCUT2D eigenvalue weighted by Gasteiger charge is -2.07. The lowest BCUT2D eigenvalue weighted by Crippen LogP contribution is -2.09. The molecule has 26 heavy (non-hydrogen) atoms. The highest BCUT2D eigenvalue weighted by Gasteiger charge is 2.21. The van der Waals surface area contributed by atoms with Crippen LogP contribution in [0.1, 0.15) is 34.3 Å². The van der Waals surface area contributed by atoms with Crippen molar-refractivity contribution in [1.29, 1.82) is 0 Å². The fraction of sp³-hybridized carbons (Fsp3) is 0.316. The molecule has 0 fully saturated rings. The molecule has 0 aliphatic carbocycles. The largest absolute Gasteiger partial charge is 0.396 e. The van der Waals surface area contributed by atoms with Gasteiger partial charge in [-0.1, -0.05) is 19.1 Å². The van der Waals surface area contributed by atoms with Gasteiger partial charge in [-0.05, 0) is 36.5 Å². The van der Waals surface area contributed by atoms with Gasteiger partial charge in [-0.3, -0.25) is 4.79 Å². The quantitative estimate of drug-likeness (QED) is 0.579. The average molecular weight is 391 g/mol. The standard InChI is InChI=1S/C19H19FN2O2S2/c1-12(11-23)10-16-17(22-19(26-16)18-21-8-9-25-18)15(24)7-4-13-2-5-14(20)6-3-13/h2-3,5-6,8-9,12,23H,4,7,10-11H2,1H3. The second-order valence-corrected chi connectivity index (χ2v) is 8.15. The predicted molar refractivity (Wildman–Crippen MR) is 102 cm³/mol. The molecule has 4 nitrogen and oxygen atoms in total. The summed E-state index contributed by atoms with van der Waals surface area (Å²) in [5.74, 6) is -0.260. The average Bonchev–Trinajstić information content (AvgIpc) is 3.30. The fourth-order valence-corrected chi connectivity index (χ4v) is 4.46. The molecule has 7 heteroatoms. The second kappa shape index (κ2) is 8.62. The molecule has 2 heterocycles. The summed E-state index contributed by atoms with van der Waals surface area (Å²) in [4.78, 5) is 22.5. The van der Waals surface area contributed by atoms with Gasteiger partial charge in [0.1, 0.15) is 11.5 Å². The third-order valence-corrected chi connectivity index (χ3v) is 5.97. The number of halogens is 1. The summed E-state index contributed by atoms with van der Waals surface area (Å²) in [7, 11) is 0. The van der Waals surface area contributed by atoms with Gasteiger partial charge in [0.25, 0.3) is 0 Å². The van der Waals surface area contributed by atoms with Crippen LogP contribution in [0.3, 0.4) is 0 Å². The van der Waals surface area contributed by atoms with Crippen molar-refractivity contribution in [3.63, 3.8) is 0 Å². The Bertz CT molecular complexity index is 860. The number of hydrogen-bond acceptors (Lipinski definition) is 6. The summed E-state index contributed by atoms with van der Waals surface area (Å²) >= 11 is 2.95. The molecule has 0 aliphatic rings. The van der Waals surface area contributed by atoms with E-state index in [0.717, 1.165) is 20.5 Å². The summed E-state index contributed by atoms with van der Waals surface area (Å²) in [5, 5.41) is 12.8. The fourth-order valence-electron chi connectivity index (χ4n) is 2.54. The van der Waals surface area contributed by atoms with E-state index in [9.17, 15) is 14.3 Å². The van der Waals surface area contributed by atoms with Crippen LogP contribution in [0, 0.1) is 11.7 Å². The van der Waals surface area contributed by atoms with E-state index in [0.29, 0.717) is 25.0 Å². The molecule has 1 atom stereocenters. The number of thiazole rings is 2. The first kappa shape index (κ1) is 18.8. The predicted octanol–water partition coefficient (Wildman–Crippen LogP) is 4.39. The first-order valence-corrected chi connectivity index (χ1v) is 10.0. The number of nitrogens with zero attached hydrogens (tertiary/aromatic N) is 2.